The van der Waals surface area contributed by atoms with Gasteiger partial charge in [-0.1, -0.05) is 24.1 Å². The molecule has 1 aromatic carbocycles. The van der Waals surface area contributed by atoms with Crippen molar-refractivity contribution in [2.75, 3.05) is 12.4 Å². The number of hydrogen-bond acceptors (Lipinski definition) is 1. The van der Waals surface area contributed by atoms with E-state index in [2.05, 4.69) is 5.32 Å². The number of carbonyl (C=O) groups excluding carboxylic acids is 1. The number of nitrogens with one attached hydrogen (secondary N) is 1. The number of carbonyl (C=O) groups is 1. The number of unbranched alkanes of at least 4 members (excludes halogenated alkanes) is 2. The summed E-state index contributed by atoms with van der Waals surface area (Å²) in [5, 5.41) is 2.94. The fourth-order valence-electron chi connectivity index (χ4n) is 1.76. The van der Waals surface area contributed by atoms with Gasteiger partial charge in [-0.25, -0.2) is 0 Å². The molecule has 1 amide bonds. The summed E-state index contributed by atoms with van der Waals surface area (Å²) in [4.78, 5) is 11.9. The second-order valence-electron chi connectivity index (χ2n) is 4.32. The molecule has 0 bridgehead atoms. The maximum atomic E-state index is 11.9. The van der Waals surface area contributed by atoms with Gasteiger partial charge in [0.1, 0.15) is 0 Å². The molecule has 0 unspecified atom stereocenters. The van der Waals surface area contributed by atoms with Crippen LogP contribution in [0.1, 0.15) is 40.7 Å². The smallest absolute Gasteiger partial charge is 0.251 e. The quantitative estimate of drug-likeness (QED) is 0.611. The van der Waals surface area contributed by atoms with E-state index in [-0.39, 0.29) is 5.91 Å². The summed E-state index contributed by atoms with van der Waals surface area (Å²) < 4.78 is 0. The fourth-order valence-corrected chi connectivity index (χ4v) is 1.95. The highest BCUT2D eigenvalue weighted by Crippen LogP contribution is 2.10. The summed E-state index contributed by atoms with van der Waals surface area (Å²) in [6, 6.07) is 5.89. The van der Waals surface area contributed by atoms with E-state index in [4.69, 9.17) is 11.6 Å². The molecular weight excluding hydrogens is 234 g/mol. The first-order chi connectivity index (χ1) is 8.15. The number of rotatable bonds is 6. The number of amides is 1. The van der Waals surface area contributed by atoms with Crippen LogP contribution in [-0.2, 0) is 0 Å². The van der Waals surface area contributed by atoms with Crippen molar-refractivity contribution in [2.24, 2.45) is 0 Å². The minimum atomic E-state index is 0.0216. The molecule has 0 aliphatic heterocycles. The number of hydrogen-bond donors (Lipinski definition) is 1. The van der Waals surface area contributed by atoms with Crippen LogP contribution in [-0.4, -0.2) is 18.3 Å². The molecule has 94 valence electrons. The average molecular weight is 254 g/mol. The Kier molecular flexibility index (Phi) is 6.06. The third kappa shape index (κ3) is 4.78. The summed E-state index contributed by atoms with van der Waals surface area (Å²) in [6.07, 6.45) is 3.07. The van der Waals surface area contributed by atoms with Gasteiger partial charge in [0.05, 0.1) is 0 Å². The number of benzene rings is 1. The number of halogens is 1. The molecule has 0 fully saturated rings. The molecule has 2 nitrogen and oxygen atoms in total. The van der Waals surface area contributed by atoms with Crippen molar-refractivity contribution in [1.82, 2.24) is 5.32 Å². The summed E-state index contributed by atoms with van der Waals surface area (Å²) in [7, 11) is 0. The van der Waals surface area contributed by atoms with Crippen LogP contribution in [0, 0.1) is 13.8 Å². The van der Waals surface area contributed by atoms with E-state index in [0.717, 1.165) is 36.9 Å². The van der Waals surface area contributed by atoms with Crippen LogP contribution < -0.4 is 5.32 Å². The van der Waals surface area contributed by atoms with E-state index in [0.29, 0.717) is 5.88 Å². The highest BCUT2D eigenvalue weighted by atomic mass is 35.5. The third-order valence-corrected chi connectivity index (χ3v) is 2.99. The van der Waals surface area contributed by atoms with Gasteiger partial charge in [0.15, 0.2) is 0 Å². The lowest BCUT2D eigenvalue weighted by atomic mass is 10.1. The summed E-state index contributed by atoms with van der Waals surface area (Å²) in [6.45, 7) is 4.72. The third-order valence-electron chi connectivity index (χ3n) is 2.72. The monoisotopic (exact) mass is 253 g/mol. The minimum absolute atomic E-state index is 0.0216. The molecule has 17 heavy (non-hydrogen) atoms. The highest BCUT2D eigenvalue weighted by Gasteiger charge is 2.07. The zero-order valence-electron chi connectivity index (χ0n) is 10.6. The number of aryl methyl sites for hydroxylation is 2. The van der Waals surface area contributed by atoms with Crippen LogP contribution in [0.25, 0.3) is 0 Å². The van der Waals surface area contributed by atoms with E-state index < -0.39 is 0 Å². The molecule has 1 N–H and O–H groups in total. The maximum Gasteiger partial charge on any atom is 0.251 e. The Bertz CT molecular complexity index is 376. The van der Waals surface area contributed by atoms with Gasteiger partial charge in [-0.3, -0.25) is 4.79 Å². The van der Waals surface area contributed by atoms with E-state index in [1.54, 1.807) is 0 Å². The largest absolute Gasteiger partial charge is 0.352 e. The van der Waals surface area contributed by atoms with Gasteiger partial charge in [0.25, 0.3) is 5.91 Å². The van der Waals surface area contributed by atoms with Gasteiger partial charge in [0, 0.05) is 18.0 Å². The Morgan fingerprint density at radius 1 is 1.24 bits per heavy atom. The van der Waals surface area contributed by atoms with Crippen molar-refractivity contribution in [3.8, 4) is 0 Å². The standard InChI is InChI=1S/C14H20ClNO/c1-11-6-7-13(12(2)10-11)14(17)16-9-5-3-4-8-15/h6-7,10H,3-5,8-9H2,1-2H3,(H,16,17). The molecule has 1 rings (SSSR count). The van der Waals surface area contributed by atoms with Crippen LogP contribution in [0.5, 0.6) is 0 Å². The maximum absolute atomic E-state index is 11.9. The minimum Gasteiger partial charge on any atom is -0.352 e. The first kappa shape index (κ1) is 14.0. The van der Waals surface area contributed by atoms with E-state index in [9.17, 15) is 4.79 Å². The van der Waals surface area contributed by atoms with E-state index in [1.165, 1.54) is 5.56 Å². The molecule has 0 aliphatic carbocycles. The Labute approximate surface area is 108 Å². The molecule has 0 saturated carbocycles. The molecule has 0 saturated heterocycles. The van der Waals surface area contributed by atoms with E-state index in [1.807, 2.05) is 32.0 Å². The van der Waals surface area contributed by atoms with Gasteiger partial charge in [-0.2, -0.15) is 0 Å². The van der Waals surface area contributed by atoms with Gasteiger partial charge < -0.3 is 5.32 Å². The fraction of sp³-hybridized carbons (Fsp3) is 0.500. The van der Waals surface area contributed by atoms with Crippen molar-refractivity contribution in [3.63, 3.8) is 0 Å². The van der Waals surface area contributed by atoms with Crippen LogP contribution >= 0.6 is 11.6 Å². The molecule has 0 heterocycles. The van der Waals surface area contributed by atoms with Crippen molar-refractivity contribution in [3.05, 3.63) is 34.9 Å². The van der Waals surface area contributed by atoms with Crippen molar-refractivity contribution in [2.45, 2.75) is 33.1 Å². The van der Waals surface area contributed by atoms with Crippen molar-refractivity contribution in [1.29, 1.82) is 0 Å². The predicted molar refractivity (Wildman–Crippen MR) is 72.8 cm³/mol. The zero-order chi connectivity index (χ0) is 12.7. The lowest BCUT2D eigenvalue weighted by Crippen LogP contribution is -2.25. The molecule has 0 aliphatic rings. The number of alkyl halides is 1. The molecule has 0 spiro atoms. The van der Waals surface area contributed by atoms with Crippen LogP contribution in [0.2, 0.25) is 0 Å². The summed E-state index contributed by atoms with van der Waals surface area (Å²) in [5.74, 6) is 0.721. The van der Waals surface area contributed by atoms with Gasteiger partial charge in [0.2, 0.25) is 0 Å². The lowest BCUT2D eigenvalue weighted by Gasteiger charge is -2.08. The van der Waals surface area contributed by atoms with Crippen molar-refractivity contribution < 1.29 is 4.79 Å². The van der Waals surface area contributed by atoms with Gasteiger partial charge in [-0.05, 0) is 38.3 Å². The van der Waals surface area contributed by atoms with E-state index >= 15 is 0 Å². The van der Waals surface area contributed by atoms with Gasteiger partial charge in [-0.15, -0.1) is 11.6 Å². The Hall–Kier alpha value is -1.02. The molecule has 1 aromatic rings. The molecule has 3 heteroatoms. The topological polar surface area (TPSA) is 29.1 Å². The van der Waals surface area contributed by atoms with Crippen molar-refractivity contribution >= 4 is 17.5 Å². The lowest BCUT2D eigenvalue weighted by molar-refractivity contribution is 0.0952. The summed E-state index contributed by atoms with van der Waals surface area (Å²) in [5.41, 5.74) is 2.98. The molecular formula is C14H20ClNO. The normalized spacial score (nSPS) is 10.3. The zero-order valence-corrected chi connectivity index (χ0v) is 11.3. The second-order valence-corrected chi connectivity index (χ2v) is 4.70. The summed E-state index contributed by atoms with van der Waals surface area (Å²) >= 11 is 5.59. The van der Waals surface area contributed by atoms with Gasteiger partial charge >= 0.3 is 0 Å². The average Bonchev–Trinajstić information content (AvgIpc) is 2.28. The molecule has 0 aromatic heterocycles. The Morgan fingerprint density at radius 2 is 2.00 bits per heavy atom. The Morgan fingerprint density at radius 3 is 2.65 bits per heavy atom. The predicted octanol–water partition coefficient (Wildman–Crippen LogP) is 3.44. The molecule has 0 radical (unpaired) electrons. The molecule has 0 atom stereocenters. The van der Waals surface area contributed by atoms with Crippen LogP contribution in [0.15, 0.2) is 18.2 Å². The Balaban J connectivity index is 2.42. The highest BCUT2D eigenvalue weighted by molar-refractivity contribution is 6.17. The first-order valence-electron chi connectivity index (χ1n) is 6.06. The second kappa shape index (κ2) is 7.33. The first-order valence-corrected chi connectivity index (χ1v) is 6.60. The van der Waals surface area contributed by atoms with Crippen LogP contribution in [0.3, 0.4) is 0 Å². The SMILES string of the molecule is Cc1ccc(C(=O)NCCCCCCl)c(C)c1. The van der Waals surface area contributed by atoms with Crippen LogP contribution in [0.4, 0.5) is 0 Å².